The molecule has 146 valence electrons. The van der Waals surface area contributed by atoms with Crippen molar-refractivity contribution in [2.24, 2.45) is 0 Å². The molecule has 0 saturated carbocycles. The molecule has 28 heavy (non-hydrogen) atoms. The van der Waals surface area contributed by atoms with Gasteiger partial charge < -0.3 is 9.80 Å². The molecule has 8 heteroatoms. The Morgan fingerprint density at radius 1 is 1.07 bits per heavy atom. The summed E-state index contributed by atoms with van der Waals surface area (Å²) in [5.41, 5.74) is 3.11. The van der Waals surface area contributed by atoms with Gasteiger partial charge in [-0.3, -0.25) is 4.79 Å². The summed E-state index contributed by atoms with van der Waals surface area (Å²) in [6.07, 6.45) is 0. The maximum absolute atomic E-state index is 12.9. The van der Waals surface area contributed by atoms with E-state index < -0.39 is 0 Å². The van der Waals surface area contributed by atoms with E-state index in [1.165, 1.54) is 17.4 Å². The number of piperazine rings is 1. The fourth-order valence-corrected chi connectivity index (χ4v) is 4.32. The molecule has 1 amide bonds. The van der Waals surface area contributed by atoms with Crippen LogP contribution in [-0.2, 0) is 4.79 Å². The smallest absolute Gasteiger partial charge is 0.253 e. The molecular formula is C20H24N6OS. The van der Waals surface area contributed by atoms with E-state index in [4.69, 9.17) is 0 Å². The Morgan fingerprint density at radius 2 is 1.79 bits per heavy atom. The monoisotopic (exact) mass is 396 g/mol. The third-order valence-electron chi connectivity index (χ3n) is 4.94. The molecule has 0 N–H and O–H groups in total. The minimum atomic E-state index is -0.234. The van der Waals surface area contributed by atoms with Crippen molar-refractivity contribution < 1.29 is 4.79 Å². The lowest BCUT2D eigenvalue weighted by atomic mass is 10.2. The average molecular weight is 397 g/mol. The van der Waals surface area contributed by atoms with Crippen LogP contribution < -0.4 is 4.90 Å². The zero-order valence-corrected chi connectivity index (χ0v) is 17.2. The van der Waals surface area contributed by atoms with Gasteiger partial charge in [0.1, 0.15) is 0 Å². The van der Waals surface area contributed by atoms with Crippen molar-refractivity contribution in [2.45, 2.75) is 31.2 Å². The van der Waals surface area contributed by atoms with Crippen LogP contribution in [0, 0.1) is 13.8 Å². The van der Waals surface area contributed by atoms with Crippen molar-refractivity contribution >= 4 is 29.1 Å². The van der Waals surface area contributed by atoms with Crippen LogP contribution in [-0.4, -0.2) is 61.8 Å². The van der Waals surface area contributed by atoms with Gasteiger partial charge in [0.05, 0.1) is 5.25 Å². The van der Waals surface area contributed by atoms with Crippen molar-refractivity contribution in [3.05, 3.63) is 47.8 Å². The zero-order chi connectivity index (χ0) is 19.7. The van der Waals surface area contributed by atoms with Crippen LogP contribution in [0.4, 0.5) is 5.69 Å². The van der Waals surface area contributed by atoms with Gasteiger partial charge in [0.2, 0.25) is 11.1 Å². The summed E-state index contributed by atoms with van der Waals surface area (Å²) in [6.45, 7) is 9.01. The van der Waals surface area contributed by atoms with Gasteiger partial charge in [-0.2, -0.15) is 4.98 Å². The number of fused-ring (bicyclic) bond motifs is 1. The van der Waals surface area contributed by atoms with Crippen molar-refractivity contribution in [1.29, 1.82) is 0 Å². The molecule has 0 radical (unpaired) electrons. The van der Waals surface area contributed by atoms with Gasteiger partial charge in [0.25, 0.3) is 5.78 Å². The molecule has 1 fully saturated rings. The highest BCUT2D eigenvalue weighted by atomic mass is 32.2. The first-order chi connectivity index (χ1) is 13.5. The summed E-state index contributed by atoms with van der Waals surface area (Å²) in [5, 5.41) is 4.85. The molecule has 1 aromatic carbocycles. The predicted octanol–water partition coefficient (Wildman–Crippen LogP) is 2.57. The summed E-state index contributed by atoms with van der Waals surface area (Å²) in [7, 11) is 0. The first-order valence-corrected chi connectivity index (χ1v) is 10.4. The van der Waals surface area contributed by atoms with E-state index in [2.05, 4.69) is 32.1 Å². The second kappa shape index (κ2) is 7.79. The molecule has 7 nitrogen and oxygen atoms in total. The van der Waals surface area contributed by atoms with Gasteiger partial charge >= 0.3 is 0 Å². The number of amides is 1. The molecule has 3 heterocycles. The van der Waals surface area contributed by atoms with Gasteiger partial charge in [-0.05, 0) is 39.0 Å². The number of aryl methyl sites for hydroxylation is 2. The SMILES string of the molecule is Cc1cc(C)n2nc(S[C@H](C)C(=O)N3CCN(c4ccccc4)CC3)nc2n1. The minimum absolute atomic E-state index is 0.137. The molecule has 0 spiro atoms. The van der Waals surface area contributed by atoms with Crippen molar-refractivity contribution in [1.82, 2.24) is 24.5 Å². The summed E-state index contributed by atoms with van der Waals surface area (Å²) >= 11 is 1.39. The Labute approximate surface area is 168 Å². The van der Waals surface area contributed by atoms with Gasteiger partial charge in [-0.1, -0.05) is 30.0 Å². The third kappa shape index (κ3) is 3.82. The van der Waals surface area contributed by atoms with E-state index in [0.717, 1.165) is 37.6 Å². The van der Waals surface area contributed by atoms with E-state index >= 15 is 0 Å². The lowest BCUT2D eigenvalue weighted by Gasteiger charge is -2.37. The summed E-state index contributed by atoms with van der Waals surface area (Å²) in [4.78, 5) is 26.0. The Kier molecular flexibility index (Phi) is 5.21. The summed E-state index contributed by atoms with van der Waals surface area (Å²) < 4.78 is 1.73. The van der Waals surface area contributed by atoms with E-state index in [1.54, 1.807) is 4.52 Å². The Bertz CT molecular complexity index is 981. The number of hydrogen-bond acceptors (Lipinski definition) is 6. The maximum Gasteiger partial charge on any atom is 0.253 e. The van der Waals surface area contributed by atoms with Crippen LogP contribution in [0.15, 0.2) is 41.6 Å². The van der Waals surface area contributed by atoms with E-state index in [9.17, 15) is 4.79 Å². The molecule has 3 aromatic rings. The van der Waals surface area contributed by atoms with Crippen LogP contribution in [0.3, 0.4) is 0 Å². The molecule has 1 aliphatic rings. The molecule has 0 aliphatic carbocycles. The molecule has 1 saturated heterocycles. The first-order valence-electron chi connectivity index (χ1n) is 9.48. The van der Waals surface area contributed by atoms with Crippen LogP contribution in [0.1, 0.15) is 18.3 Å². The molecule has 2 aromatic heterocycles. The van der Waals surface area contributed by atoms with Gasteiger partial charge in [0, 0.05) is 43.3 Å². The molecule has 0 bridgehead atoms. The van der Waals surface area contributed by atoms with E-state index in [0.29, 0.717) is 10.9 Å². The summed E-state index contributed by atoms with van der Waals surface area (Å²) in [6, 6.07) is 12.3. The molecule has 4 rings (SSSR count). The number of rotatable bonds is 4. The quantitative estimate of drug-likeness (QED) is 0.632. The van der Waals surface area contributed by atoms with Crippen molar-refractivity contribution in [3.8, 4) is 0 Å². The molecule has 1 aliphatic heterocycles. The van der Waals surface area contributed by atoms with E-state index in [1.807, 2.05) is 49.9 Å². The number of hydrogen-bond donors (Lipinski definition) is 0. The first kappa shape index (κ1) is 18.7. The third-order valence-corrected chi connectivity index (χ3v) is 5.88. The predicted molar refractivity (Wildman–Crippen MR) is 111 cm³/mol. The number of benzene rings is 1. The minimum Gasteiger partial charge on any atom is -0.368 e. The topological polar surface area (TPSA) is 66.6 Å². The fourth-order valence-electron chi connectivity index (χ4n) is 3.49. The second-order valence-electron chi connectivity index (χ2n) is 7.05. The number of nitrogens with zero attached hydrogens (tertiary/aromatic N) is 6. The highest BCUT2D eigenvalue weighted by Gasteiger charge is 2.26. The summed E-state index contributed by atoms with van der Waals surface area (Å²) in [5.74, 6) is 0.716. The van der Waals surface area contributed by atoms with Gasteiger partial charge in [-0.25, -0.2) is 9.50 Å². The Balaban J connectivity index is 1.38. The largest absolute Gasteiger partial charge is 0.368 e. The van der Waals surface area contributed by atoms with Crippen LogP contribution >= 0.6 is 11.8 Å². The number of carbonyl (C=O) groups excluding carboxylic acids is 1. The van der Waals surface area contributed by atoms with Crippen molar-refractivity contribution in [2.75, 3.05) is 31.1 Å². The lowest BCUT2D eigenvalue weighted by Crippen LogP contribution is -2.50. The highest BCUT2D eigenvalue weighted by Crippen LogP contribution is 2.23. The normalized spacial score (nSPS) is 15.8. The number of aromatic nitrogens is 4. The second-order valence-corrected chi connectivity index (χ2v) is 8.36. The van der Waals surface area contributed by atoms with Crippen LogP contribution in [0.5, 0.6) is 0 Å². The lowest BCUT2D eigenvalue weighted by molar-refractivity contribution is -0.130. The van der Waals surface area contributed by atoms with Gasteiger partial charge in [0.15, 0.2) is 0 Å². The van der Waals surface area contributed by atoms with Crippen LogP contribution in [0.2, 0.25) is 0 Å². The van der Waals surface area contributed by atoms with Crippen molar-refractivity contribution in [3.63, 3.8) is 0 Å². The molecular weight excluding hydrogens is 372 g/mol. The molecule has 0 unspecified atom stereocenters. The number of carbonyl (C=O) groups is 1. The highest BCUT2D eigenvalue weighted by molar-refractivity contribution is 8.00. The zero-order valence-electron chi connectivity index (χ0n) is 16.4. The standard InChI is InChI=1S/C20H24N6OS/c1-14-13-15(2)26-19(21-14)22-20(23-26)28-16(3)18(27)25-11-9-24(10-12-25)17-7-5-4-6-8-17/h4-8,13,16H,9-12H2,1-3H3/t16-/m1/s1. The molecule has 1 atom stereocenters. The maximum atomic E-state index is 12.9. The Morgan fingerprint density at radius 3 is 2.50 bits per heavy atom. The van der Waals surface area contributed by atoms with Gasteiger partial charge in [-0.15, -0.1) is 5.10 Å². The Hall–Kier alpha value is -2.61. The fraction of sp³-hybridized carbons (Fsp3) is 0.400. The number of anilines is 1. The van der Waals surface area contributed by atoms with Crippen LogP contribution in [0.25, 0.3) is 5.78 Å². The average Bonchev–Trinajstić information content (AvgIpc) is 3.11. The number of para-hydroxylation sites is 1. The number of thioether (sulfide) groups is 1. The van der Waals surface area contributed by atoms with E-state index in [-0.39, 0.29) is 11.2 Å².